The second kappa shape index (κ2) is 9.94. The third kappa shape index (κ3) is 6.80. The number of nitriles is 1. The first-order valence-electron chi connectivity index (χ1n) is 7.93. The summed E-state index contributed by atoms with van der Waals surface area (Å²) >= 11 is 5.87. The summed E-state index contributed by atoms with van der Waals surface area (Å²) in [6, 6.07) is 15.4. The molecule has 27 heavy (non-hydrogen) atoms. The lowest BCUT2D eigenvalue weighted by atomic mass is 10.1. The number of amides is 2. The van der Waals surface area contributed by atoms with Crippen molar-refractivity contribution in [2.45, 2.75) is 6.42 Å². The molecule has 2 amide bonds. The highest BCUT2D eigenvalue weighted by Gasteiger charge is 2.11. The van der Waals surface area contributed by atoms with Gasteiger partial charge in [-0.3, -0.25) is 14.4 Å². The third-order valence-electron chi connectivity index (χ3n) is 3.37. The summed E-state index contributed by atoms with van der Waals surface area (Å²) in [6.45, 7) is -0.841. The molecule has 0 unspecified atom stereocenters. The molecule has 0 saturated heterocycles. The number of carbonyl (C=O) groups excluding carboxylic acids is 3. The maximum Gasteiger partial charge on any atom is 0.325 e. The second-order valence-corrected chi connectivity index (χ2v) is 5.86. The average molecular weight is 386 g/mol. The van der Waals surface area contributed by atoms with Gasteiger partial charge in [0.15, 0.2) is 6.61 Å². The Morgan fingerprint density at radius 2 is 1.81 bits per heavy atom. The van der Waals surface area contributed by atoms with Crippen molar-refractivity contribution in [1.29, 1.82) is 5.26 Å². The summed E-state index contributed by atoms with van der Waals surface area (Å²) in [6.07, 6.45) is 0.147. The number of ether oxygens (including phenoxy) is 1. The zero-order valence-corrected chi connectivity index (χ0v) is 15.0. The Labute approximate surface area is 160 Å². The van der Waals surface area contributed by atoms with Crippen LogP contribution < -0.4 is 10.6 Å². The highest BCUT2D eigenvalue weighted by Crippen LogP contribution is 2.20. The first-order valence-corrected chi connectivity index (χ1v) is 8.31. The Balaban J connectivity index is 1.70. The minimum Gasteiger partial charge on any atom is -0.454 e. The highest BCUT2D eigenvalue weighted by atomic mass is 35.5. The van der Waals surface area contributed by atoms with E-state index in [2.05, 4.69) is 10.6 Å². The van der Waals surface area contributed by atoms with Crippen LogP contribution in [-0.4, -0.2) is 30.9 Å². The zero-order valence-electron chi connectivity index (χ0n) is 14.2. The van der Waals surface area contributed by atoms with E-state index in [0.29, 0.717) is 5.69 Å². The maximum atomic E-state index is 11.8. The SMILES string of the molecule is N#Cc1ccc(NC(=O)COC(=O)CNC(=O)Cc2ccccc2)cc1Cl. The van der Waals surface area contributed by atoms with Crippen molar-refractivity contribution in [2.75, 3.05) is 18.5 Å². The molecule has 138 valence electrons. The monoisotopic (exact) mass is 385 g/mol. The fourth-order valence-corrected chi connectivity index (χ4v) is 2.31. The minimum absolute atomic E-state index is 0.147. The van der Waals surface area contributed by atoms with Crippen molar-refractivity contribution >= 4 is 35.1 Å². The van der Waals surface area contributed by atoms with E-state index in [1.807, 2.05) is 24.3 Å². The van der Waals surface area contributed by atoms with Crippen LogP contribution in [0.4, 0.5) is 5.69 Å². The number of hydrogen-bond donors (Lipinski definition) is 2. The van der Waals surface area contributed by atoms with Gasteiger partial charge in [-0.25, -0.2) is 0 Å². The van der Waals surface area contributed by atoms with E-state index in [0.717, 1.165) is 5.56 Å². The molecule has 2 aromatic rings. The molecule has 0 spiro atoms. The number of halogens is 1. The predicted molar refractivity (Wildman–Crippen MR) is 98.9 cm³/mol. The second-order valence-electron chi connectivity index (χ2n) is 5.45. The predicted octanol–water partition coefficient (Wildman–Crippen LogP) is 2.05. The van der Waals surface area contributed by atoms with E-state index < -0.39 is 18.5 Å². The standard InChI is InChI=1S/C19H16ClN3O4/c20-16-9-15(7-6-14(16)10-21)23-18(25)12-27-19(26)11-22-17(24)8-13-4-2-1-3-5-13/h1-7,9H,8,11-12H2,(H,22,24)(H,23,25). The van der Waals surface area contributed by atoms with Gasteiger partial charge >= 0.3 is 5.97 Å². The zero-order chi connectivity index (χ0) is 19.6. The van der Waals surface area contributed by atoms with Crippen LogP contribution in [0.5, 0.6) is 0 Å². The number of esters is 1. The van der Waals surface area contributed by atoms with Crippen LogP contribution in [0.15, 0.2) is 48.5 Å². The number of carbonyl (C=O) groups is 3. The van der Waals surface area contributed by atoms with Crippen LogP contribution >= 0.6 is 11.6 Å². The van der Waals surface area contributed by atoms with Crippen LogP contribution in [0, 0.1) is 11.3 Å². The Morgan fingerprint density at radius 1 is 1.07 bits per heavy atom. The van der Waals surface area contributed by atoms with E-state index in [-0.39, 0.29) is 29.5 Å². The molecule has 0 bridgehead atoms. The smallest absolute Gasteiger partial charge is 0.325 e. The van der Waals surface area contributed by atoms with Gasteiger partial charge in [0.1, 0.15) is 12.6 Å². The summed E-state index contributed by atoms with van der Waals surface area (Å²) in [5, 5.41) is 13.9. The summed E-state index contributed by atoms with van der Waals surface area (Å²) in [5.41, 5.74) is 1.48. The van der Waals surface area contributed by atoms with Gasteiger partial charge < -0.3 is 15.4 Å². The summed E-state index contributed by atoms with van der Waals surface area (Å²) < 4.78 is 4.80. The molecule has 2 aromatic carbocycles. The molecule has 0 heterocycles. The largest absolute Gasteiger partial charge is 0.454 e. The van der Waals surface area contributed by atoms with Gasteiger partial charge in [-0.15, -0.1) is 0 Å². The summed E-state index contributed by atoms with van der Waals surface area (Å²) in [7, 11) is 0. The molecule has 0 radical (unpaired) electrons. The minimum atomic E-state index is -0.732. The molecule has 0 aliphatic carbocycles. The van der Waals surface area contributed by atoms with Crippen LogP contribution in [0.2, 0.25) is 5.02 Å². The Hall–Kier alpha value is -3.37. The van der Waals surface area contributed by atoms with Gasteiger partial charge in [-0.05, 0) is 23.8 Å². The Bertz CT molecular complexity index is 878. The van der Waals surface area contributed by atoms with Crippen LogP contribution in [0.1, 0.15) is 11.1 Å². The molecule has 2 rings (SSSR count). The molecule has 0 atom stereocenters. The van der Waals surface area contributed by atoms with Gasteiger partial charge in [0.2, 0.25) is 5.91 Å². The fraction of sp³-hybridized carbons (Fsp3) is 0.158. The Morgan fingerprint density at radius 3 is 2.48 bits per heavy atom. The van der Waals surface area contributed by atoms with Crippen molar-refractivity contribution in [3.8, 4) is 6.07 Å². The number of nitrogens with one attached hydrogen (secondary N) is 2. The van der Waals surface area contributed by atoms with Crippen molar-refractivity contribution in [1.82, 2.24) is 5.32 Å². The third-order valence-corrected chi connectivity index (χ3v) is 3.69. The van der Waals surface area contributed by atoms with Crippen LogP contribution in [0.25, 0.3) is 0 Å². The van der Waals surface area contributed by atoms with Crippen molar-refractivity contribution < 1.29 is 19.1 Å². The lowest BCUT2D eigenvalue weighted by Gasteiger charge is -2.08. The number of anilines is 1. The normalized spacial score (nSPS) is 9.78. The molecule has 0 fully saturated rings. The molecule has 0 aliphatic rings. The fourth-order valence-electron chi connectivity index (χ4n) is 2.09. The summed E-state index contributed by atoms with van der Waals surface area (Å²) in [5.74, 6) is -1.63. The lowest BCUT2D eigenvalue weighted by Crippen LogP contribution is -2.33. The van der Waals surface area contributed by atoms with Crippen molar-refractivity contribution in [3.05, 3.63) is 64.7 Å². The van der Waals surface area contributed by atoms with Gasteiger partial charge in [-0.1, -0.05) is 41.9 Å². The quantitative estimate of drug-likeness (QED) is 0.709. The van der Waals surface area contributed by atoms with Gasteiger partial charge in [0.25, 0.3) is 5.91 Å². The van der Waals surface area contributed by atoms with Crippen LogP contribution in [-0.2, 0) is 25.5 Å². The van der Waals surface area contributed by atoms with Crippen molar-refractivity contribution in [2.24, 2.45) is 0 Å². The number of benzene rings is 2. The molecule has 0 aromatic heterocycles. The molecule has 7 nitrogen and oxygen atoms in total. The molecule has 0 aliphatic heterocycles. The van der Waals surface area contributed by atoms with E-state index in [1.165, 1.54) is 18.2 Å². The average Bonchev–Trinajstić information content (AvgIpc) is 2.66. The first-order chi connectivity index (χ1) is 13.0. The molecule has 2 N–H and O–H groups in total. The van der Waals surface area contributed by atoms with Gasteiger partial charge in [0, 0.05) is 5.69 Å². The number of rotatable bonds is 7. The topological polar surface area (TPSA) is 108 Å². The molecular weight excluding hydrogens is 370 g/mol. The number of nitrogens with zero attached hydrogens (tertiary/aromatic N) is 1. The Kier molecular flexibility index (Phi) is 7.35. The summed E-state index contributed by atoms with van der Waals surface area (Å²) in [4.78, 5) is 35.1. The van der Waals surface area contributed by atoms with E-state index in [9.17, 15) is 14.4 Å². The lowest BCUT2D eigenvalue weighted by molar-refractivity contribution is -0.147. The van der Waals surface area contributed by atoms with E-state index in [4.69, 9.17) is 21.6 Å². The number of hydrogen-bond acceptors (Lipinski definition) is 5. The van der Waals surface area contributed by atoms with Crippen molar-refractivity contribution in [3.63, 3.8) is 0 Å². The molecular formula is C19H16ClN3O4. The molecule has 0 saturated carbocycles. The highest BCUT2D eigenvalue weighted by molar-refractivity contribution is 6.32. The maximum absolute atomic E-state index is 11.8. The first kappa shape index (κ1) is 19.9. The molecule has 8 heteroatoms. The van der Waals surface area contributed by atoms with E-state index >= 15 is 0 Å². The van der Waals surface area contributed by atoms with E-state index in [1.54, 1.807) is 12.1 Å². The van der Waals surface area contributed by atoms with Gasteiger partial charge in [-0.2, -0.15) is 5.26 Å². The van der Waals surface area contributed by atoms with Crippen LogP contribution in [0.3, 0.4) is 0 Å². The van der Waals surface area contributed by atoms with Gasteiger partial charge in [0.05, 0.1) is 17.0 Å².